The van der Waals surface area contributed by atoms with Crippen molar-refractivity contribution in [3.8, 4) is 0 Å². The Kier molecular flexibility index (Phi) is 12.4. The van der Waals surface area contributed by atoms with E-state index in [1.54, 1.807) is 51.1 Å². The number of carbonyl (C=O) groups is 5. The van der Waals surface area contributed by atoms with Crippen molar-refractivity contribution in [1.29, 1.82) is 0 Å². The summed E-state index contributed by atoms with van der Waals surface area (Å²) in [7, 11) is 0. The van der Waals surface area contributed by atoms with Crippen LogP contribution in [0.4, 0.5) is 0 Å². The fourth-order valence-corrected chi connectivity index (χ4v) is 6.56. The molecule has 1 fully saturated rings. The quantitative estimate of drug-likeness (QED) is 0.230. The van der Waals surface area contributed by atoms with E-state index in [4.69, 9.17) is 23.7 Å². The van der Waals surface area contributed by atoms with Gasteiger partial charge in [-0.3, -0.25) is 19.2 Å². The highest BCUT2D eigenvalue weighted by Gasteiger charge is 2.63. The summed E-state index contributed by atoms with van der Waals surface area (Å²) in [4.78, 5) is 66.2. The van der Waals surface area contributed by atoms with Crippen molar-refractivity contribution in [2.45, 2.75) is 110 Å². The largest absolute Gasteiger partial charge is 0.459 e. The van der Waals surface area contributed by atoms with E-state index < -0.39 is 95.1 Å². The first kappa shape index (κ1) is 39.6. The fourth-order valence-electron chi connectivity index (χ4n) is 6.56. The molecule has 1 aromatic rings. The number of ether oxygens (including phenoxy) is 5. The van der Waals surface area contributed by atoms with Crippen LogP contribution in [0.3, 0.4) is 0 Å². The molecule has 270 valence electrons. The van der Waals surface area contributed by atoms with Crippen LogP contribution in [0.2, 0.25) is 0 Å². The zero-order valence-corrected chi connectivity index (χ0v) is 29.8. The number of aliphatic hydroxyl groups is 2. The molecule has 2 aliphatic rings. The van der Waals surface area contributed by atoms with E-state index in [1.807, 2.05) is 13.8 Å². The van der Waals surface area contributed by atoms with Gasteiger partial charge in [-0.2, -0.15) is 0 Å². The van der Waals surface area contributed by atoms with Gasteiger partial charge >= 0.3 is 23.9 Å². The maximum atomic E-state index is 14.7. The van der Waals surface area contributed by atoms with Crippen LogP contribution >= 0.6 is 0 Å². The Balaban J connectivity index is 2.46. The molecule has 2 N–H and O–H groups in total. The monoisotopic (exact) mass is 686 g/mol. The number of fused-ring (bicyclic) bond motifs is 2. The number of hydrogen-bond donors (Lipinski definition) is 2. The van der Waals surface area contributed by atoms with Gasteiger partial charge in [0.2, 0.25) is 0 Å². The third-order valence-corrected chi connectivity index (χ3v) is 8.99. The molecule has 49 heavy (non-hydrogen) atoms. The van der Waals surface area contributed by atoms with Crippen LogP contribution in [0.15, 0.2) is 54.6 Å². The number of hydrogen-bond acceptors (Lipinski definition) is 12. The predicted molar refractivity (Wildman–Crippen MR) is 177 cm³/mol. The first-order chi connectivity index (χ1) is 22.6. The van der Waals surface area contributed by atoms with Crippen LogP contribution < -0.4 is 0 Å². The van der Waals surface area contributed by atoms with Crippen LogP contribution in [0.5, 0.6) is 0 Å². The average Bonchev–Trinajstić information content (AvgIpc) is 2.99. The van der Waals surface area contributed by atoms with Crippen molar-refractivity contribution in [1.82, 2.24) is 0 Å². The van der Waals surface area contributed by atoms with Crippen molar-refractivity contribution in [3.05, 3.63) is 60.2 Å². The summed E-state index contributed by atoms with van der Waals surface area (Å²) in [5.41, 5.74) is -5.37. The van der Waals surface area contributed by atoms with Gasteiger partial charge in [0.1, 0.15) is 17.3 Å². The molecule has 0 unspecified atom stereocenters. The third-order valence-electron chi connectivity index (χ3n) is 8.99. The molecule has 0 aliphatic heterocycles. The Morgan fingerprint density at radius 2 is 1.43 bits per heavy atom. The van der Waals surface area contributed by atoms with Crippen molar-refractivity contribution in [2.75, 3.05) is 6.61 Å². The Morgan fingerprint density at radius 3 is 1.96 bits per heavy atom. The van der Waals surface area contributed by atoms with Gasteiger partial charge in [0.25, 0.3) is 0 Å². The van der Waals surface area contributed by atoms with Crippen LogP contribution in [0.25, 0.3) is 0 Å². The first-order valence-electron chi connectivity index (χ1n) is 16.4. The number of benzene rings is 1. The number of ketones is 1. The lowest BCUT2D eigenvalue weighted by atomic mass is 9.60. The summed E-state index contributed by atoms with van der Waals surface area (Å²) in [6.45, 7) is 17.7. The third kappa shape index (κ3) is 9.03. The maximum Gasteiger partial charge on any atom is 0.338 e. The van der Waals surface area contributed by atoms with Gasteiger partial charge in [0.05, 0.1) is 17.6 Å². The fraction of sp³-hybridized carbons (Fsp3) is 0.595. The van der Waals surface area contributed by atoms with E-state index in [0.29, 0.717) is 0 Å². The first-order valence-corrected chi connectivity index (χ1v) is 16.4. The van der Waals surface area contributed by atoms with E-state index in [9.17, 15) is 34.2 Å². The average molecular weight is 687 g/mol. The molecule has 1 aromatic carbocycles. The number of rotatable bonds is 8. The Hall–Kier alpha value is -3.87. The number of esters is 4. The molecule has 12 nitrogen and oxygen atoms in total. The van der Waals surface area contributed by atoms with Crippen molar-refractivity contribution >= 4 is 29.7 Å². The van der Waals surface area contributed by atoms with E-state index >= 15 is 0 Å². The van der Waals surface area contributed by atoms with Crippen LogP contribution in [0.1, 0.15) is 79.1 Å². The van der Waals surface area contributed by atoms with E-state index in [-0.39, 0.29) is 23.7 Å². The highest BCUT2D eigenvalue weighted by atomic mass is 16.6. The summed E-state index contributed by atoms with van der Waals surface area (Å²) >= 11 is 0. The lowest BCUT2D eigenvalue weighted by Crippen LogP contribution is -2.68. The second-order valence-corrected chi connectivity index (χ2v) is 14.4. The Morgan fingerprint density at radius 1 is 0.878 bits per heavy atom. The summed E-state index contributed by atoms with van der Waals surface area (Å²) in [6, 6.07) is 7.95. The second kappa shape index (κ2) is 15.3. The van der Waals surface area contributed by atoms with Gasteiger partial charge in [-0.05, 0) is 30.5 Å². The van der Waals surface area contributed by atoms with Crippen LogP contribution in [-0.4, -0.2) is 88.2 Å². The van der Waals surface area contributed by atoms with Crippen molar-refractivity contribution in [2.24, 2.45) is 23.2 Å². The standard InChI is InChI=1S/C37H50O12/c1-20(2)18-45-28-22(4)29(49-34(42)26-14-12-11-13-15-26)30(46-23(5)38)33(48-25(7)40)35(8,9)17-16-21(3)37(44)19-36(10,43)32(47-24(6)39)27(28)31(37)41/h11-17,20-21,27-30,32-33,43-44H,4,18-19H2,1-3,5-10H3/b17-16+/t21-,27+,28-,29-,30+,32+,33+,36+,37-/m0/s1. The Labute approximate surface area is 287 Å². The minimum Gasteiger partial charge on any atom is -0.459 e. The molecule has 0 amide bonds. The zero-order chi connectivity index (χ0) is 37.1. The van der Waals surface area contributed by atoms with Gasteiger partial charge in [-0.15, -0.1) is 0 Å². The van der Waals surface area contributed by atoms with Gasteiger partial charge < -0.3 is 33.9 Å². The summed E-state index contributed by atoms with van der Waals surface area (Å²) in [5, 5.41) is 24.0. The maximum absolute atomic E-state index is 14.7. The molecular formula is C37H50O12. The van der Waals surface area contributed by atoms with Gasteiger partial charge in [-0.1, -0.05) is 71.5 Å². The van der Waals surface area contributed by atoms with E-state index in [0.717, 1.165) is 13.8 Å². The number of carbonyl (C=O) groups excluding carboxylic acids is 5. The molecule has 0 aromatic heterocycles. The molecule has 3 rings (SSSR count). The molecule has 0 heterocycles. The Bertz CT molecular complexity index is 1440. The molecule has 0 saturated heterocycles. The minimum atomic E-state index is -2.21. The second-order valence-electron chi connectivity index (χ2n) is 14.4. The lowest BCUT2D eigenvalue weighted by Gasteiger charge is -2.52. The lowest BCUT2D eigenvalue weighted by molar-refractivity contribution is -0.216. The molecule has 9 atom stereocenters. The molecule has 2 bridgehead atoms. The van der Waals surface area contributed by atoms with Gasteiger partial charge in [0, 0.05) is 45.1 Å². The molecule has 0 spiro atoms. The SMILES string of the molecule is C=C1[C@H](OC(=O)c2ccccc2)[C@@H](OC(C)=O)[C@@H](OC(C)=O)C(C)(C)/C=C/[C@H](C)[C@@]2(O)C[C@@](C)(O)[C@H](OC(C)=O)[C@@H](C2=O)[C@H]1OCC(C)C. The normalized spacial score (nSPS) is 33.8. The highest BCUT2D eigenvalue weighted by molar-refractivity contribution is 5.93. The molecular weight excluding hydrogens is 636 g/mol. The molecule has 0 radical (unpaired) electrons. The topological polar surface area (TPSA) is 172 Å². The molecule has 2 aliphatic carbocycles. The zero-order valence-electron chi connectivity index (χ0n) is 29.8. The summed E-state index contributed by atoms with van der Waals surface area (Å²) in [5.74, 6) is -6.66. The van der Waals surface area contributed by atoms with Crippen molar-refractivity contribution in [3.63, 3.8) is 0 Å². The number of Topliss-reactive ketones (excluding diaryl/α,β-unsaturated/α-hetero) is 1. The minimum absolute atomic E-state index is 0.00668. The van der Waals surface area contributed by atoms with Gasteiger partial charge in [-0.25, -0.2) is 4.79 Å². The summed E-state index contributed by atoms with van der Waals surface area (Å²) < 4.78 is 29.7. The van der Waals surface area contributed by atoms with E-state index in [1.165, 1.54) is 26.0 Å². The van der Waals surface area contributed by atoms with Crippen LogP contribution in [0, 0.1) is 23.2 Å². The van der Waals surface area contributed by atoms with Crippen molar-refractivity contribution < 1.29 is 57.9 Å². The van der Waals surface area contributed by atoms with E-state index in [2.05, 4.69) is 6.58 Å². The van der Waals surface area contributed by atoms with Crippen LogP contribution in [-0.2, 0) is 42.9 Å². The molecule has 12 heteroatoms. The molecule has 1 saturated carbocycles. The highest BCUT2D eigenvalue weighted by Crippen LogP contribution is 2.47. The van der Waals surface area contributed by atoms with Gasteiger partial charge in [0.15, 0.2) is 24.1 Å². The smallest absolute Gasteiger partial charge is 0.338 e. The predicted octanol–water partition coefficient (Wildman–Crippen LogP) is 3.91. The summed E-state index contributed by atoms with van der Waals surface area (Å²) in [6.07, 6.45) is -4.92.